The van der Waals surface area contributed by atoms with Gasteiger partial charge >= 0.3 is 6.01 Å². The zero-order valence-corrected chi connectivity index (χ0v) is 10.5. The van der Waals surface area contributed by atoms with Crippen LogP contribution >= 0.6 is 0 Å². The third kappa shape index (κ3) is 2.57. The molecule has 17 heavy (non-hydrogen) atoms. The third-order valence-corrected chi connectivity index (χ3v) is 3.53. The molecule has 0 radical (unpaired) electrons. The molecule has 3 N–H and O–H groups in total. The van der Waals surface area contributed by atoms with Crippen LogP contribution in [-0.2, 0) is 0 Å². The standard InChI is InChI=1S/C11H19N5O/c1-7(2)11(4-5-11)6-13-9-14-8(12)15-10(16-9)17-3/h7H,4-6H2,1-3H3,(H3,12,13,14,15,16). The molecule has 0 atom stereocenters. The van der Waals surface area contributed by atoms with Crippen molar-refractivity contribution in [2.45, 2.75) is 26.7 Å². The summed E-state index contributed by atoms with van der Waals surface area (Å²) in [4.78, 5) is 12.0. The highest BCUT2D eigenvalue weighted by molar-refractivity contribution is 5.33. The van der Waals surface area contributed by atoms with E-state index in [0.717, 1.165) is 6.54 Å². The van der Waals surface area contributed by atoms with Crippen LogP contribution in [0.3, 0.4) is 0 Å². The van der Waals surface area contributed by atoms with Gasteiger partial charge in [-0.05, 0) is 24.2 Å². The van der Waals surface area contributed by atoms with Gasteiger partial charge in [-0.3, -0.25) is 0 Å². The third-order valence-electron chi connectivity index (χ3n) is 3.53. The van der Waals surface area contributed by atoms with Crippen LogP contribution in [0.25, 0.3) is 0 Å². The number of hydrogen-bond donors (Lipinski definition) is 2. The number of anilines is 2. The molecule has 94 valence electrons. The van der Waals surface area contributed by atoms with E-state index < -0.39 is 0 Å². The van der Waals surface area contributed by atoms with E-state index in [-0.39, 0.29) is 12.0 Å². The number of nitrogens with zero attached hydrogens (tertiary/aromatic N) is 3. The molecule has 0 amide bonds. The fourth-order valence-corrected chi connectivity index (χ4v) is 1.92. The molecule has 1 fully saturated rings. The minimum absolute atomic E-state index is 0.175. The first-order chi connectivity index (χ1) is 8.05. The normalized spacial score (nSPS) is 16.9. The van der Waals surface area contributed by atoms with E-state index in [4.69, 9.17) is 10.5 Å². The lowest BCUT2D eigenvalue weighted by Gasteiger charge is -2.19. The number of nitrogens with two attached hydrogens (primary N) is 1. The molecule has 1 heterocycles. The molecule has 1 aromatic heterocycles. The number of methoxy groups -OCH3 is 1. The Hall–Kier alpha value is -1.59. The summed E-state index contributed by atoms with van der Waals surface area (Å²) in [6, 6.07) is 0.245. The van der Waals surface area contributed by atoms with Crippen LogP contribution in [0.15, 0.2) is 0 Å². The molecular weight excluding hydrogens is 218 g/mol. The van der Waals surface area contributed by atoms with Crippen LogP contribution in [0.4, 0.5) is 11.9 Å². The minimum atomic E-state index is 0.175. The molecule has 1 saturated carbocycles. The fraction of sp³-hybridized carbons (Fsp3) is 0.727. The largest absolute Gasteiger partial charge is 0.467 e. The van der Waals surface area contributed by atoms with E-state index in [1.54, 1.807) is 0 Å². The molecule has 1 aliphatic rings. The van der Waals surface area contributed by atoms with Gasteiger partial charge in [0.05, 0.1) is 7.11 Å². The predicted molar refractivity (Wildman–Crippen MR) is 65.8 cm³/mol. The van der Waals surface area contributed by atoms with Crippen LogP contribution < -0.4 is 15.8 Å². The molecule has 6 nitrogen and oxygen atoms in total. The molecule has 1 aliphatic carbocycles. The Kier molecular flexibility index (Phi) is 3.04. The summed E-state index contributed by atoms with van der Waals surface area (Å²) in [5, 5.41) is 3.22. The molecule has 0 spiro atoms. The monoisotopic (exact) mass is 237 g/mol. The Labute approximate surface area is 101 Å². The van der Waals surface area contributed by atoms with E-state index in [0.29, 0.717) is 17.3 Å². The fourth-order valence-electron chi connectivity index (χ4n) is 1.92. The van der Waals surface area contributed by atoms with Gasteiger partial charge in [0, 0.05) is 6.54 Å². The Morgan fingerprint density at radius 2 is 2.06 bits per heavy atom. The van der Waals surface area contributed by atoms with Gasteiger partial charge in [0.15, 0.2) is 0 Å². The van der Waals surface area contributed by atoms with Gasteiger partial charge in [0.25, 0.3) is 0 Å². The number of nitrogen functional groups attached to an aromatic ring is 1. The van der Waals surface area contributed by atoms with Gasteiger partial charge in [-0.15, -0.1) is 0 Å². The molecule has 0 bridgehead atoms. The number of rotatable bonds is 5. The van der Waals surface area contributed by atoms with Crippen LogP contribution in [0.1, 0.15) is 26.7 Å². The first-order valence-corrected chi connectivity index (χ1v) is 5.85. The lowest BCUT2D eigenvalue weighted by molar-refractivity contribution is 0.373. The second-order valence-electron chi connectivity index (χ2n) is 4.87. The van der Waals surface area contributed by atoms with E-state index in [1.165, 1.54) is 20.0 Å². The molecule has 0 unspecified atom stereocenters. The molecular formula is C11H19N5O. The summed E-state index contributed by atoms with van der Waals surface area (Å²) in [5.74, 6) is 1.33. The molecule has 0 aliphatic heterocycles. The van der Waals surface area contributed by atoms with E-state index in [1.807, 2.05) is 0 Å². The maximum atomic E-state index is 5.57. The van der Waals surface area contributed by atoms with Crippen LogP contribution in [0.2, 0.25) is 0 Å². The molecule has 6 heteroatoms. The zero-order chi connectivity index (χ0) is 12.5. The quantitative estimate of drug-likeness (QED) is 0.803. The van der Waals surface area contributed by atoms with Crippen molar-refractivity contribution in [3.8, 4) is 6.01 Å². The minimum Gasteiger partial charge on any atom is -0.467 e. The summed E-state index contributed by atoms with van der Waals surface area (Å²) in [6.07, 6.45) is 2.52. The summed E-state index contributed by atoms with van der Waals surface area (Å²) >= 11 is 0. The average Bonchev–Trinajstić information content (AvgIpc) is 3.06. The maximum absolute atomic E-state index is 5.57. The highest BCUT2D eigenvalue weighted by atomic mass is 16.5. The lowest BCUT2D eigenvalue weighted by Crippen LogP contribution is -2.22. The van der Waals surface area contributed by atoms with Gasteiger partial charge < -0.3 is 15.8 Å². The van der Waals surface area contributed by atoms with Crippen molar-refractivity contribution in [1.82, 2.24) is 15.0 Å². The second kappa shape index (κ2) is 4.35. The van der Waals surface area contributed by atoms with Crippen molar-refractivity contribution >= 4 is 11.9 Å². The maximum Gasteiger partial charge on any atom is 0.322 e. The Balaban J connectivity index is 2.02. The Bertz CT molecular complexity index is 403. The van der Waals surface area contributed by atoms with Crippen LogP contribution in [-0.4, -0.2) is 28.6 Å². The van der Waals surface area contributed by atoms with Gasteiger partial charge in [0.1, 0.15) is 0 Å². The first kappa shape index (κ1) is 11.9. The van der Waals surface area contributed by atoms with Crippen molar-refractivity contribution in [2.24, 2.45) is 11.3 Å². The van der Waals surface area contributed by atoms with Crippen molar-refractivity contribution in [3.05, 3.63) is 0 Å². The van der Waals surface area contributed by atoms with E-state index in [9.17, 15) is 0 Å². The number of aromatic nitrogens is 3. The number of nitrogens with one attached hydrogen (secondary N) is 1. The van der Waals surface area contributed by atoms with Gasteiger partial charge in [-0.25, -0.2) is 0 Å². The molecule has 2 rings (SSSR count). The summed E-state index contributed by atoms with van der Waals surface area (Å²) in [6.45, 7) is 5.37. The predicted octanol–water partition coefficient (Wildman–Crippen LogP) is 1.31. The average molecular weight is 237 g/mol. The highest BCUT2D eigenvalue weighted by Gasteiger charge is 2.45. The first-order valence-electron chi connectivity index (χ1n) is 5.85. The van der Waals surface area contributed by atoms with E-state index in [2.05, 4.69) is 34.1 Å². The van der Waals surface area contributed by atoms with Gasteiger partial charge in [0.2, 0.25) is 11.9 Å². The second-order valence-corrected chi connectivity index (χ2v) is 4.87. The lowest BCUT2D eigenvalue weighted by atomic mass is 9.92. The smallest absolute Gasteiger partial charge is 0.322 e. The topological polar surface area (TPSA) is 86.0 Å². The van der Waals surface area contributed by atoms with Crippen molar-refractivity contribution < 1.29 is 4.74 Å². The SMILES string of the molecule is COc1nc(N)nc(NCC2(C(C)C)CC2)n1. The summed E-state index contributed by atoms with van der Waals surface area (Å²) < 4.78 is 4.95. The number of ether oxygens (including phenoxy) is 1. The van der Waals surface area contributed by atoms with Crippen molar-refractivity contribution in [2.75, 3.05) is 24.7 Å². The summed E-state index contributed by atoms with van der Waals surface area (Å²) in [7, 11) is 1.51. The van der Waals surface area contributed by atoms with Crippen LogP contribution in [0, 0.1) is 11.3 Å². The van der Waals surface area contributed by atoms with Crippen LogP contribution in [0.5, 0.6) is 6.01 Å². The summed E-state index contributed by atoms with van der Waals surface area (Å²) in [5.41, 5.74) is 5.96. The van der Waals surface area contributed by atoms with E-state index >= 15 is 0 Å². The highest BCUT2D eigenvalue weighted by Crippen LogP contribution is 2.51. The molecule has 0 saturated heterocycles. The molecule has 0 aromatic carbocycles. The van der Waals surface area contributed by atoms with Crippen molar-refractivity contribution in [3.63, 3.8) is 0 Å². The Morgan fingerprint density at radius 3 is 2.59 bits per heavy atom. The molecule has 1 aromatic rings. The van der Waals surface area contributed by atoms with Gasteiger partial charge in [-0.2, -0.15) is 15.0 Å². The van der Waals surface area contributed by atoms with Gasteiger partial charge in [-0.1, -0.05) is 13.8 Å². The number of hydrogen-bond acceptors (Lipinski definition) is 6. The zero-order valence-electron chi connectivity index (χ0n) is 10.5. The Morgan fingerprint density at radius 1 is 1.35 bits per heavy atom. The van der Waals surface area contributed by atoms with Crippen molar-refractivity contribution in [1.29, 1.82) is 0 Å².